The summed E-state index contributed by atoms with van der Waals surface area (Å²) in [5, 5.41) is 4.25. The molecule has 5 heteroatoms. The highest BCUT2D eigenvalue weighted by Gasteiger charge is 2.42. The summed E-state index contributed by atoms with van der Waals surface area (Å²) < 4.78 is 21.8. The van der Waals surface area contributed by atoms with Gasteiger partial charge in [0.2, 0.25) is 0 Å². The average Bonchev–Trinajstić information content (AvgIpc) is 3.19. The lowest BCUT2D eigenvalue weighted by molar-refractivity contribution is 0.0630. The number of nitrogens with zero attached hydrogens (tertiary/aromatic N) is 3. The van der Waals surface area contributed by atoms with E-state index in [2.05, 4.69) is 16.2 Å². The number of halogens is 1. The van der Waals surface area contributed by atoms with Gasteiger partial charge in [-0.05, 0) is 49.4 Å². The van der Waals surface area contributed by atoms with Crippen molar-refractivity contribution in [2.24, 2.45) is 12.5 Å². The zero-order valence-electron chi connectivity index (χ0n) is 14.8. The van der Waals surface area contributed by atoms with Crippen LogP contribution in [0.4, 0.5) is 4.39 Å². The zero-order valence-corrected chi connectivity index (χ0v) is 14.8. The van der Waals surface area contributed by atoms with Gasteiger partial charge in [-0.2, -0.15) is 5.10 Å². The summed E-state index contributed by atoms with van der Waals surface area (Å²) in [4.78, 5) is 2.51. The van der Waals surface area contributed by atoms with Gasteiger partial charge in [0, 0.05) is 31.8 Å². The first-order valence-corrected chi connectivity index (χ1v) is 9.17. The van der Waals surface area contributed by atoms with E-state index in [-0.39, 0.29) is 11.9 Å². The fourth-order valence-electron chi connectivity index (χ4n) is 4.28. The van der Waals surface area contributed by atoms with Crippen LogP contribution in [-0.4, -0.2) is 40.5 Å². The molecule has 0 N–H and O–H groups in total. The van der Waals surface area contributed by atoms with E-state index >= 15 is 0 Å². The van der Waals surface area contributed by atoms with Crippen LogP contribution in [0.5, 0.6) is 0 Å². The van der Waals surface area contributed by atoms with Crippen LogP contribution in [0.3, 0.4) is 0 Å². The largest absolute Gasteiger partial charge is 0.377 e. The Morgan fingerprint density at radius 2 is 2.08 bits per heavy atom. The molecule has 1 spiro atoms. The first kappa shape index (κ1) is 16.7. The number of hydrogen-bond acceptors (Lipinski definition) is 3. The van der Waals surface area contributed by atoms with Gasteiger partial charge in [0.15, 0.2) is 0 Å². The maximum atomic E-state index is 13.9. The highest BCUT2D eigenvalue weighted by Crippen LogP contribution is 2.43. The fraction of sp³-hybridized carbons (Fsp3) is 0.550. The van der Waals surface area contributed by atoms with Gasteiger partial charge in [-0.15, -0.1) is 0 Å². The van der Waals surface area contributed by atoms with Crippen molar-refractivity contribution in [1.29, 1.82) is 0 Å². The van der Waals surface area contributed by atoms with Crippen LogP contribution in [0.2, 0.25) is 0 Å². The summed E-state index contributed by atoms with van der Waals surface area (Å²) in [5.74, 6) is -0.113. The van der Waals surface area contributed by atoms with Crippen molar-refractivity contribution in [2.75, 3.05) is 19.7 Å². The molecule has 2 saturated heterocycles. The van der Waals surface area contributed by atoms with Crippen LogP contribution in [0.15, 0.2) is 36.7 Å². The highest BCUT2D eigenvalue weighted by molar-refractivity contribution is 5.18. The normalized spacial score (nSPS) is 23.4. The molecule has 0 radical (unpaired) electrons. The third-order valence-corrected chi connectivity index (χ3v) is 5.77. The number of aromatic nitrogens is 2. The summed E-state index contributed by atoms with van der Waals surface area (Å²) in [6.45, 7) is 4.01. The number of rotatable bonds is 4. The molecule has 2 aliphatic heterocycles. The lowest BCUT2D eigenvalue weighted by atomic mass is 9.76. The molecule has 1 aromatic heterocycles. The predicted molar refractivity (Wildman–Crippen MR) is 94.6 cm³/mol. The summed E-state index contributed by atoms with van der Waals surface area (Å²) in [7, 11) is 1.96. The maximum Gasteiger partial charge on any atom is 0.126 e. The van der Waals surface area contributed by atoms with Crippen LogP contribution in [0.1, 0.15) is 30.4 Å². The van der Waals surface area contributed by atoms with Crippen LogP contribution < -0.4 is 0 Å². The van der Waals surface area contributed by atoms with Gasteiger partial charge in [0.1, 0.15) is 5.82 Å². The second-order valence-corrected chi connectivity index (χ2v) is 7.73. The minimum atomic E-state index is -0.113. The van der Waals surface area contributed by atoms with E-state index in [0.717, 1.165) is 38.2 Å². The Labute approximate surface area is 148 Å². The fourth-order valence-corrected chi connectivity index (χ4v) is 4.28. The quantitative estimate of drug-likeness (QED) is 0.854. The van der Waals surface area contributed by atoms with E-state index in [1.807, 2.05) is 30.1 Å². The van der Waals surface area contributed by atoms with E-state index in [1.54, 1.807) is 6.07 Å². The number of hydrogen-bond donors (Lipinski definition) is 0. The number of aryl methyl sites for hydroxylation is 1. The van der Waals surface area contributed by atoms with Gasteiger partial charge < -0.3 is 4.74 Å². The minimum Gasteiger partial charge on any atom is -0.377 e. The molecule has 1 unspecified atom stereocenters. The van der Waals surface area contributed by atoms with Crippen LogP contribution >= 0.6 is 0 Å². The van der Waals surface area contributed by atoms with Crippen molar-refractivity contribution in [1.82, 2.24) is 14.7 Å². The summed E-state index contributed by atoms with van der Waals surface area (Å²) in [6, 6.07) is 7.06. The second kappa shape index (κ2) is 6.89. The Kier molecular flexibility index (Phi) is 4.61. The Balaban J connectivity index is 1.30. The smallest absolute Gasteiger partial charge is 0.126 e. The number of likely N-dealkylation sites (tertiary alicyclic amines) is 1. The maximum absolute atomic E-state index is 13.9. The number of benzene rings is 1. The van der Waals surface area contributed by atoms with Crippen molar-refractivity contribution in [3.8, 4) is 0 Å². The van der Waals surface area contributed by atoms with E-state index in [1.165, 1.54) is 24.5 Å². The second-order valence-electron chi connectivity index (χ2n) is 7.73. The Hall–Kier alpha value is -1.72. The molecule has 4 nitrogen and oxygen atoms in total. The van der Waals surface area contributed by atoms with Crippen molar-refractivity contribution >= 4 is 0 Å². The zero-order chi connectivity index (χ0) is 17.3. The third kappa shape index (κ3) is 3.77. The topological polar surface area (TPSA) is 30.3 Å². The molecule has 0 amide bonds. The minimum absolute atomic E-state index is 0.113. The molecular formula is C20H26FN3O. The van der Waals surface area contributed by atoms with E-state index in [9.17, 15) is 4.39 Å². The number of ether oxygens (including phenoxy) is 1. The van der Waals surface area contributed by atoms with Crippen molar-refractivity contribution in [3.05, 3.63) is 53.6 Å². The van der Waals surface area contributed by atoms with Gasteiger partial charge in [-0.3, -0.25) is 9.58 Å². The molecule has 1 atom stereocenters. The standard InChI is InChI=1S/C20H26FN3O/c1-23-13-16(12-22-23)14-24-8-6-20(7-9-24)11-18(25-15-20)10-17-4-2-3-5-19(17)21/h2-5,12-13,18H,6-11,14-15H2,1H3. The molecule has 0 bridgehead atoms. The Morgan fingerprint density at radius 1 is 1.28 bits per heavy atom. The molecule has 134 valence electrons. The molecule has 2 aromatic rings. The molecule has 0 aliphatic carbocycles. The molecular weight excluding hydrogens is 317 g/mol. The molecule has 1 aromatic carbocycles. The van der Waals surface area contributed by atoms with E-state index in [0.29, 0.717) is 11.8 Å². The summed E-state index contributed by atoms with van der Waals surface area (Å²) in [5.41, 5.74) is 2.35. The molecule has 2 aliphatic rings. The molecule has 25 heavy (non-hydrogen) atoms. The van der Waals surface area contributed by atoms with Crippen LogP contribution in [0.25, 0.3) is 0 Å². The lowest BCUT2D eigenvalue weighted by Crippen LogP contribution is -2.40. The Morgan fingerprint density at radius 3 is 2.80 bits per heavy atom. The van der Waals surface area contributed by atoms with Crippen molar-refractivity contribution < 1.29 is 9.13 Å². The SMILES string of the molecule is Cn1cc(CN2CCC3(CC2)COC(Cc2ccccc2F)C3)cn1. The summed E-state index contributed by atoms with van der Waals surface area (Å²) in [6.07, 6.45) is 8.28. The molecule has 2 fully saturated rings. The van der Waals surface area contributed by atoms with Crippen molar-refractivity contribution in [3.63, 3.8) is 0 Å². The Bertz CT molecular complexity index is 721. The lowest BCUT2D eigenvalue weighted by Gasteiger charge is -2.38. The first-order valence-electron chi connectivity index (χ1n) is 9.17. The molecule has 4 rings (SSSR count). The van der Waals surface area contributed by atoms with E-state index < -0.39 is 0 Å². The van der Waals surface area contributed by atoms with Crippen LogP contribution in [0, 0.1) is 11.2 Å². The molecule has 0 saturated carbocycles. The molecule has 3 heterocycles. The van der Waals surface area contributed by atoms with Gasteiger partial charge in [-0.1, -0.05) is 18.2 Å². The van der Waals surface area contributed by atoms with Gasteiger partial charge in [0.05, 0.1) is 18.9 Å². The van der Waals surface area contributed by atoms with Crippen LogP contribution in [-0.2, 0) is 24.8 Å². The van der Waals surface area contributed by atoms with Gasteiger partial charge >= 0.3 is 0 Å². The monoisotopic (exact) mass is 343 g/mol. The first-order chi connectivity index (χ1) is 12.1. The van der Waals surface area contributed by atoms with Gasteiger partial charge in [0.25, 0.3) is 0 Å². The van der Waals surface area contributed by atoms with Gasteiger partial charge in [-0.25, -0.2) is 4.39 Å². The number of piperidine rings is 1. The van der Waals surface area contributed by atoms with Crippen molar-refractivity contribution in [2.45, 2.75) is 38.3 Å². The highest BCUT2D eigenvalue weighted by atomic mass is 19.1. The van der Waals surface area contributed by atoms with E-state index in [4.69, 9.17) is 4.74 Å². The average molecular weight is 343 g/mol. The predicted octanol–water partition coefficient (Wildman–Crippen LogP) is 3.17. The summed E-state index contributed by atoms with van der Waals surface area (Å²) >= 11 is 0. The third-order valence-electron chi connectivity index (χ3n) is 5.77.